The van der Waals surface area contributed by atoms with Crippen molar-refractivity contribution in [2.24, 2.45) is 0 Å². The molecule has 0 spiro atoms. The topological polar surface area (TPSA) is 99.6 Å². The summed E-state index contributed by atoms with van der Waals surface area (Å²) < 4.78 is 67.7. The van der Waals surface area contributed by atoms with Crippen LogP contribution in [-0.4, -0.2) is 71.2 Å². The molecule has 0 saturated heterocycles. The van der Waals surface area contributed by atoms with Gasteiger partial charge in [-0.05, 0) is 59.9 Å². The summed E-state index contributed by atoms with van der Waals surface area (Å²) in [5, 5.41) is 10.1. The number of likely N-dealkylation sites (N-methyl/N-ethyl adjacent to an activating group) is 1. The zero-order valence-corrected chi connectivity index (χ0v) is 21.7. The summed E-state index contributed by atoms with van der Waals surface area (Å²) in [4.78, 5) is 14.8. The van der Waals surface area contributed by atoms with Crippen molar-refractivity contribution < 1.29 is 31.1 Å². The Morgan fingerprint density at radius 1 is 1.24 bits per heavy atom. The molecule has 0 saturated carbocycles. The van der Waals surface area contributed by atoms with Crippen molar-refractivity contribution in [3.05, 3.63) is 45.8 Å². The Morgan fingerprint density at radius 3 is 2.50 bits per heavy atom. The van der Waals surface area contributed by atoms with Gasteiger partial charge in [-0.2, -0.15) is 13.2 Å². The Morgan fingerprint density at radius 2 is 1.91 bits per heavy atom. The third-order valence-electron chi connectivity index (χ3n) is 4.33. The van der Waals surface area contributed by atoms with E-state index in [0.717, 1.165) is 17.6 Å². The predicted molar refractivity (Wildman–Crippen MR) is 130 cm³/mol. The second-order valence-corrected chi connectivity index (χ2v) is 11.3. The molecule has 7 nitrogen and oxygen atoms in total. The second-order valence-electron chi connectivity index (χ2n) is 7.40. The number of nitrogens with zero attached hydrogens (tertiary/aromatic N) is 1. The minimum Gasteiger partial charge on any atom is -0.463 e. The van der Waals surface area contributed by atoms with Crippen LogP contribution in [0.2, 0.25) is 0 Å². The van der Waals surface area contributed by atoms with E-state index in [1.165, 1.54) is 18.2 Å². The fourth-order valence-electron chi connectivity index (χ4n) is 2.58. The number of ether oxygens (including phenoxy) is 1. The lowest BCUT2D eigenvalue weighted by Gasteiger charge is -2.15. The molecular formula is C21H23BrF3N3O4S2. The number of hydrogen-bond acceptors (Lipinski definition) is 8. The Labute approximate surface area is 208 Å². The average molecular weight is 582 g/mol. The van der Waals surface area contributed by atoms with Crippen LogP contribution in [0.5, 0.6) is 0 Å². The molecule has 1 heterocycles. The summed E-state index contributed by atoms with van der Waals surface area (Å²) in [5.41, 5.74) is -1.17. The van der Waals surface area contributed by atoms with Gasteiger partial charge in [0.25, 0.3) is 0 Å². The standard InChI is InChI=1S/C21H23BrF3N3O4S2/c1-28(2)9-10-32-17(29)12-27-19(18(22)20(26)21(23,24)25)16-8-7-15(33-16)13-5-4-6-14(11-13)34(3,30)31/h4-8,11,26-27H,9-10,12H2,1-3H3/b19-18+,26-20?. The first-order valence-electron chi connectivity index (χ1n) is 9.71. The number of allylic oxidation sites excluding steroid dienone is 1. The monoisotopic (exact) mass is 581 g/mol. The number of rotatable bonds is 10. The highest BCUT2D eigenvalue weighted by molar-refractivity contribution is 9.12. The summed E-state index contributed by atoms with van der Waals surface area (Å²) in [6, 6.07) is 9.31. The van der Waals surface area contributed by atoms with Crippen LogP contribution in [0.1, 0.15) is 4.88 Å². The van der Waals surface area contributed by atoms with E-state index in [9.17, 15) is 26.4 Å². The molecular weight excluding hydrogens is 559 g/mol. The molecule has 2 rings (SSSR count). The zero-order chi connectivity index (χ0) is 25.7. The molecule has 0 unspecified atom stereocenters. The zero-order valence-electron chi connectivity index (χ0n) is 18.5. The summed E-state index contributed by atoms with van der Waals surface area (Å²) in [7, 11) is 0.149. The summed E-state index contributed by atoms with van der Waals surface area (Å²) in [5.74, 6) is -0.671. The van der Waals surface area contributed by atoms with Gasteiger partial charge in [0.1, 0.15) is 13.2 Å². The number of hydrogen-bond donors (Lipinski definition) is 2. The van der Waals surface area contributed by atoms with Crippen molar-refractivity contribution in [3.8, 4) is 10.4 Å². The van der Waals surface area contributed by atoms with Gasteiger partial charge in [0, 0.05) is 17.7 Å². The SMILES string of the molecule is CN(C)CCOC(=O)CN/C(=C(/Br)C(=N)C(F)(F)F)c1ccc(-c2cccc(S(C)(=O)=O)c2)s1. The summed E-state index contributed by atoms with van der Waals surface area (Å²) >= 11 is 3.92. The van der Waals surface area contributed by atoms with Crippen molar-refractivity contribution in [1.82, 2.24) is 10.2 Å². The van der Waals surface area contributed by atoms with E-state index in [2.05, 4.69) is 21.2 Å². The molecule has 1 aromatic carbocycles. The molecule has 1 aromatic heterocycles. The molecule has 0 fully saturated rings. The number of nitrogens with one attached hydrogen (secondary N) is 2. The quantitative estimate of drug-likeness (QED) is 0.323. The maximum absolute atomic E-state index is 13.2. The highest BCUT2D eigenvalue weighted by Crippen LogP contribution is 2.36. The number of carbonyl (C=O) groups excluding carboxylic acids is 1. The van der Waals surface area contributed by atoms with E-state index in [1.807, 2.05) is 0 Å². The third-order valence-corrected chi connectivity index (χ3v) is 7.39. The van der Waals surface area contributed by atoms with Crippen molar-refractivity contribution in [1.29, 1.82) is 5.41 Å². The minimum atomic E-state index is -4.91. The largest absolute Gasteiger partial charge is 0.463 e. The molecule has 34 heavy (non-hydrogen) atoms. The maximum atomic E-state index is 13.2. The Bertz CT molecular complexity index is 1190. The van der Waals surface area contributed by atoms with Gasteiger partial charge in [-0.25, -0.2) is 8.42 Å². The molecule has 0 aliphatic carbocycles. The van der Waals surface area contributed by atoms with E-state index < -0.39 is 38.7 Å². The van der Waals surface area contributed by atoms with Crippen LogP contribution in [0, 0.1) is 5.41 Å². The lowest BCUT2D eigenvalue weighted by molar-refractivity contribution is -0.142. The number of thiophene rings is 1. The van der Waals surface area contributed by atoms with Gasteiger partial charge >= 0.3 is 12.1 Å². The highest BCUT2D eigenvalue weighted by atomic mass is 79.9. The van der Waals surface area contributed by atoms with Crippen LogP contribution in [0.25, 0.3) is 16.1 Å². The second kappa shape index (κ2) is 11.5. The number of carbonyl (C=O) groups is 1. The lowest BCUT2D eigenvalue weighted by atomic mass is 10.2. The average Bonchev–Trinajstić information content (AvgIpc) is 3.21. The molecule has 0 radical (unpaired) electrons. The molecule has 13 heteroatoms. The molecule has 2 N–H and O–H groups in total. The van der Waals surface area contributed by atoms with Crippen molar-refractivity contribution in [3.63, 3.8) is 0 Å². The van der Waals surface area contributed by atoms with E-state index in [-0.39, 0.29) is 17.2 Å². The molecule has 0 bridgehead atoms. The first-order valence-corrected chi connectivity index (χ1v) is 13.2. The number of esters is 1. The van der Waals surface area contributed by atoms with Crippen LogP contribution < -0.4 is 5.32 Å². The molecule has 0 aliphatic rings. The lowest BCUT2D eigenvalue weighted by Crippen LogP contribution is -2.29. The van der Waals surface area contributed by atoms with Gasteiger partial charge in [0.2, 0.25) is 0 Å². The molecule has 0 amide bonds. The van der Waals surface area contributed by atoms with Crippen LogP contribution >= 0.6 is 27.3 Å². The molecule has 2 aromatic rings. The van der Waals surface area contributed by atoms with Crippen LogP contribution in [0.4, 0.5) is 13.2 Å². The van der Waals surface area contributed by atoms with E-state index in [4.69, 9.17) is 10.1 Å². The number of halogens is 4. The third kappa shape index (κ3) is 7.93. The fourth-order valence-corrected chi connectivity index (χ4v) is 4.99. The van der Waals surface area contributed by atoms with Crippen molar-refractivity contribution in [2.45, 2.75) is 11.1 Å². The van der Waals surface area contributed by atoms with Crippen LogP contribution in [-0.2, 0) is 19.4 Å². The maximum Gasteiger partial charge on any atom is 0.433 e. The van der Waals surface area contributed by atoms with Gasteiger partial charge < -0.3 is 15.0 Å². The predicted octanol–water partition coefficient (Wildman–Crippen LogP) is 4.16. The number of benzene rings is 1. The fraction of sp³-hybridized carbons (Fsp3) is 0.333. The first kappa shape index (κ1) is 28.0. The van der Waals surface area contributed by atoms with Gasteiger partial charge in [-0.1, -0.05) is 12.1 Å². The molecule has 0 atom stereocenters. The van der Waals surface area contributed by atoms with Gasteiger partial charge in [0.15, 0.2) is 15.5 Å². The normalized spacial score (nSPS) is 12.9. The van der Waals surface area contributed by atoms with Gasteiger partial charge in [-0.3, -0.25) is 10.2 Å². The number of sulfone groups is 1. The summed E-state index contributed by atoms with van der Waals surface area (Å²) in [6.45, 7) is 0.184. The van der Waals surface area contributed by atoms with Crippen LogP contribution in [0.3, 0.4) is 0 Å². The smallest absolute Gasteiger partial charge is 0.433 e. The number of alkyl halides is 3. The minimum absolute atomic E-state index is 0.106. The van der Waals surface area contributed by atoms with E-state index >= 15 is 0 Å². The van der Waals surface area contributed by atoms with Gasteiger partial charge in [-0.15, -0.1) is 11.3 Å². The highest BCUT2D eigenvalue weighted by Gasteiger charge is 2.37. The van der Waals surface area contributed by atoms with Gasteiger partial charge in [0.05, 0.1) is 20.0 Å². The van der Waals surface area contributed by atoms with Crippen LogP contribution in [0.15, 0.2) is 45.8 Å². The van der Waals surface area contributed by atoms with Crippen molar-refractivity contribution >= 4 is 54.5 Å². The Kier molecular flexibility index (Phi) is 9.45. The molecule has 186 valence electrons. The Hall–Kier alpha value is -2.22. The first-order chi connectivity index (χ1) is 15.7. The van der Waals surface area contributed by atoms with E-state index in [0.29, 0.717) is 21.9 Å². The van der Waals surface area contributed by atoms with Crippen molar-refractivity contribution in [2.75, 3.05) is 40.0 Å². The molecule has 0 aliphatic heterocycles. The Balaban J connectivity index is 2.37. The summed E-state index contributed by atoms with van der Waals surface area (Å²) in [6.07, 6.45) is -3.84. The van der Waals surface area contributed by atoms with E-state index in [1.54, 1.807) is 37.2 Å².